The number of carbonyl (C=O) groups excluding carboxylic acids is 3. The summed E-state index contributed by atoms with van der Waals surface area (Å²) in [7, 11) is -4.10. The first kappa shape index (κ1) is 31.5. The van der Waals surface area contributed by atoms with E-state index in [0.29, 0.717) is 35.1 Å². The summed E-state index contributed by atoms with van der Waals surface area (Å²) < 4.78 is 11.1. The van der Waals surface area contributed by atoms with Gasteiger partial charge in [-0.25, -0.2) is 0 Å². The standard InChI is InChI=1S/C30H42N3O6P/c1-22(2)28(34)32-19-10-8-6-4-3-5-7-9-18-31-26-17-16-25-27-23(26)14-13-15-24(27)29(35)33(30(25)36)20-11-12-21-40(37,38)39/h13-17,31H,1,3-12,18-21H2,2H3,(H,32,34)(H2,37,38,39). The van der Waals surface area contributed by atoms with Gasteiger partial charge in [0.2, 0.25) is 5.91 Å². The zero-order valence-electron chi connectivity index (χ0n) is 23.4. The fraction of sp³-hybridized carbons (Fsp3) is 0.500. The second-order valence-electron chi connectivity index (χ2n) is 10.5. The van der Waals surface area contributed by atoms with Crippen molar-refractivity contribution < 1.29 is 28.7 Å². The number of nitrogens with zero attached hydrogens (tertiary/aromatic N) is 1. The molecule has 3 amide bonds. The molecule has 0 radical (unpaired) electrons. The number of imide groups is 1. The van der Waals surface area contributed by atoms with Crippen LogP contribution in [0.2, 0.25) is 0 Å². The molecular formula is C30H42N3O6P. The fourth-order valence-corrected chi connectivity index (χ4v) is 5.61. The lowest BCUT2D eigenvalue weighted by molar-refractivity contribution is -0.117. The largest absolute Gasteiger partial charge is 0.385 e. The van der Waals surface area contributed by atoms with Crippen LogP contribution in [0, 0.1) is 0 Å². The monoisotopic (exact) mass is 571 g/mol. The highest BCUT2D eigenvalue weighted by Crippen LogP contribution is 2.36. The van der Waals surface area contributed by atoms with E-state index in [1.165, 1.54) is 30.6 Å². The summed E-state index contributed by atoms with van der Waals surface area (Å²) in [6.45, 7) is 6.98. The Hall–Kier alpha value is -3.00. The van der Waals surface area contributed by atoms with Crippen LogP contribution in [0.15, 0.2) is 42.5 Å². The third kappa shape index (κ3) is 9.01. The highest BCUT2D eigenvalue weighted by Gasteiger charge is 2.33. The average Bonchev–Trinajstić information content (AvgIpc) is 2.91. The molecule has 10 heteroatoms. The second kappa shape index (κ2) is 15.1. The third-order valence-corrected chi connectivity index (χ3v) is 8.06. The molecule has 3 rings (SSSR count). The molecule has 0 saturated carbocycles. The Morgan fingerprint density at radius 3 is 2.08 bits per heavy atom. The number of hydrogen-bond acceptors (Lipinski definition) is 5. The summed E-state index contributed by atoms with van der Waals surface area (Å²) in [5.41, 5.74) is 2.39. The first-order valence-corrected chi connectivity index (χ1v) is 16.0. The number of unbranched alkanes of at least 4 members (excludes halogenated alkanes) is 8. The average molecular weight is 572 g/mol. The van der Waals surface area contributed by atoms with E-state index in [4.69, 9.17) is 9.79 Å². The van der Waals surface area contributed by atoms with Gasteiger partial charge in [0, 0.05) is 59.0 Å². The van der Waals surface area contributed by atoms with Gasteiger partial charge in [-0.1, -0.05) is 57.2 Å². The molecule has 0 aliphatic carbocycles. The van der Waals surface area contributed by atoms with Crippen LogP contribution >= 0.6 is 7.60 Å². The molecule has 4 N–H and O–H groups in total. The van der Waals surface area contributed by atoms with Crippen LogP contribution in [-0.2, 0) is 9.36 Å². The molecule has 0 aromatic heterocycles. The number of rotatable bonds is 18. The fourth-order valence-electron chi connectivity index (χ4n) is 4.98. The van der Waals surface area contributed by atoms with Gasteiger partial charge in [0.25, 0.3) is 11.8 Å². The van der Waals surface area contributed by atoms with E-state index >= 15 is 0 Å². The van der Waals surface area contributed by atoms with E-state index in [2.05, 4.69) is 17.2 Å². The van der Waals surface area contributed by atoms with Crippen molar-refractivity contribution in [3.8, 4) is 0 Å². The lowest BCUT2D eigenvalue weighted by Gasteiger charge is -2.28. The molecule has 0 atom stereocenters. The predicted molar refractivity (Wildman–Crippen MR) is 159 cm³/mol. The molecule has 9 nitrogen and oxygen atoms in total. The molecule has 0 bridgehead atoms. The maximum Gasteiger partial charge on any atom is 0.325 e. The van der Waals surface area contributed by atoms with Gasteiger partial charge in [-0.3, -0.25) is 23.8 Å². The number of nitrogens with one attached hydrogen (secondary N) is 2. The molecule has 1 heterocycles. The lowest BCUT2D eigenvalue weighted by atomic mass is 9.93. The van der Waals surface area contributed by atoms with Gasteiger partial charge in [-0.15, -0.1) is 0 Å². The summed E-state index contributed by atoms with van der Waals surface area (Å²) >= 11 is 0. The van der Waals surface area contributed by atoms with Gasteiger partial charge in [-0.05, 0) is 50.8 Å². The van der Waals surface area contributed by atoms with Gasteiger partial charge in [0.05, 0.1) is 0 Å². The molecule has 218 valence electrons. The first-order valence-electron chi connectivity index (χ1n) is 14.2. The van der Waals surface area contributed by atoms with Crippen molar-refractivity contribution in [1.29, 1.82) is 0 Å². The van der Waals surface area contributed by atoms with Crippen LogP contribution in [0.1, 0.15) is 91.8 Å². The van der Waals surface area contributed by atoms with Crippen molar-refractivity contribution >= 4 is 41.8 Å². The Labute approximate surface area is 236 Å². The Morgan fingerprint density at radius 1 is 0.850 bits per heavy atom. The zero-order chi connectivity index (χ0) is 29.1. The molecule has 0 saturated heterocycles. The minimum atomic E-state index is -4.10. The number of hydrogen-bond donors (Lipinski definition) is 4. The van der Waals surface area contributed by atoms with Crippen LogP contribution in [0.4, 0.5) is 5.69 Å². The lowest BCUT2D eigenvalue weighted by Crippen LogP contribution is -2.41. The summed E-state index contributed by atoms with van der Waals surface area (Å²) in [6.07, 6.45) is 9.29. The normalized spacial score (nSPS) is 13.1. The molecule has 1 aliphatic rings. The quantitative estimate of drug-likeness (QED) is 0.0789. The maximum absolute atomic E-state index is 13.1. The zero-order valence-corrected chi connectivity index (χ0v) is 24.3. The Bertz CT molecular complexity index is 1250. The van der Waals surface area contributed by atoms with Crippen molar-refractivity contribution in [2.75, 3.05) is 31.1 Å². The van der Waals surface area contributed by atoms with Crippen LogP contribution in [0.5, 0.6) is 0 Å². The summed E-state index contributed by atoms with van der Waals surface area (Å²) in [6, 6.07) is 9.12. The van der Waals surface area contributed by atoms with E-state index in [9.17, 15) is 18.9 Å². The van der Waals surface area contributed by atoms with Gasteiger partial charge in [0.15, 0.2) is 0 Å². The molecular weight excluding hydrogens is 529 g/mol. The van der Waals surface area contributed by atoms with E-state index in [-0.39, 0.29) is 36.8 Å². The number of anilines is 1. The molecule has 2 aromatic carbocycles. The Morgan fingerprint density at radius 2 is 1.45 bits per heavy atom. The van der Waals surface area contributed by atoms with Crippen LogP contribution < -0.4 is 10.6 Å². The van der Waals surface area contributed by atoms with Crippen molar-refractivity contribution in [2.24, 2.45) is 0 Å². The number of amides is 3. The molecule has 0 unspecified atom stereocenters. The van der Waals surface area contributed by atoms with E-state index in [1.807, 2.05) is 18.2 Å². The Kier molecular flexibility index (Phi) is 11.9. The minimum Gasteiger partial charge on any atom is -0.385 e. The summed E-state index contributed by atoms with van der Waals surface area (Å²) in [5, 5.41) is 7.85. The molecule has 0 spiro atoms. The Balaban J connectivity index is 1.42. The van der Waals surface area contributed by atoms with Crippen molar-refractivity contribution in [1.82, 2.24) is 10.2 Å². The molecule has 0 fully saturated rings. The van der Waals surface area contributed by atoms with E-state index in [1.54, 1.807) is 19.1 Å². The SMILES string of the molecule is C=C(C)C(=O)NCCCCCCCCCCNc1ccc2c3c(cccc13)C(=O)N(CCCCP(=O)(O)O)C2=O. The van der Waals surface area contributed by atoms with Gasteiger partial charge in [0.1, 0.15) is 0 Å². The highest BCUT2D eigenvalue weighted by atomic mass is 31.2. The highest BCUT2D eigenvalue weighted by molar-refractivity contribution is 7.51. The van der Waals surface area contributed by atoms with Gasteiger partial charge in [-0.2, -0.15) is 0 Å². The smallest absolute Gasteiger partial charge is 0.325 e. The molecule has 2 aromatic rings. The topological polar surface area (TPSA) is 136 Å². The second-order valence-corrected chi connectivity index (χ2v) is 12.3. The van der Waals surface area contributed by atoms with Crippen LogP contribution in [0.3, 0.4) is 0 Å². The minimum absolute atomic E-state index is 0.0688. The van der Waals surface area contributed by atoms with E-state index < -0.39 is 7.60 Å². The van der Waals surface area contributed by atoms with Crippen LogP contribution in [0.25, 0.3) is 10.8 Å². The van der Waals surface area contributed by atoms with Crippen molar-refractivity contribution in [3.05, 3.63) is 53.6 Å². The number of carbonyl (C=O) groups is 3. The maximum atomic E-state index is 13.1. The van der Waals surface area contributed by atoms with E-state index in [0.717, 1.165) is 43.3 Å². The summed E-state index contributed by atoms with van der Waals surface area (Å²) in [4.78, 5) is 57.0. The third-order valence-electron chi connectivity index (χ3n) is 7.17. The van der Waals surface area contributed by atoms with Crippen LogP contribution in [-0.4, -0.2) is 58.2 Å². The van der Waals surface area contributed by atoms with Crippen molar-refractivity contribution in [2.45, 2.75) is 71.1 Å². The molecule has 1 aliphatic heterocycles. The van der Waals surface area contributed by atoms with Gasteiger partial charge >= 0.3 is 7.60 Å². The van der Waals surface area contributed by atoms with Gasteiger partial charge < -0.3 is 20.4 Å². The number of benzene rings is 2. The van der Waals surface area contributed by atoms with Crippen molar-refractivity contribution in [3.63, 3.8) is 0 Å². The predicted octanol–water partition coefficient (Wildman–Crippen LogP) is 5.62. The molecule has 40 heavy (non-hydrogen) atoms. The summed E-state index contributed by atoms with van der Waals surface area (Å²) in [5.74, 6) is -0.804. The first-order chi connectivity index (χ1) is 19.1.